The van der Waals surface area contributed by atoms with Crippen molar-refractivity contribution in [2.24, 2.45) is 0 Å². The van der Waals surface area contributed by atoms with Crippen LogP contribution in [0.3, 0.4) is 0 Å². The standard InChI is InChI=1S/C19H17N3O3/c23-22(24)18-11-6-12-20-19(18)21-13-15-7-4-5-8-16(15)14-25-17-9-2-1-3-10-17/h1-12H,13-14H2,(H,20,21). The lowest BCUT2D eigenvalue weighted by Crippen LogP contribution is -2.07. The first-order valence-electron chi connectivity index (χ1n) is 7.82. The Morgan fingerprint density at radius 1 is 0.960 bits per heavy atom. The molecule has 6 heteroatoms. The Labute approximate surface area is 145 Å². The maximum atomic E-state index is 11.1. The fourth-order valence-electron chi connectivity index (χ4n) is 2.41. The van der Waals surface area contributed by atoms with Crippen LogP contribution >= 0.6 is 0 Å². The predicted molar refractivity (Wildman–Crippen MR) is 95.4 cm³/mol. The van der Waals surface area contributed by atoms with E-state index >= 15 is 0 Å². The minimum atomic E-state index is -0.445. The lowest BCUT2D eigenvalue weighted by Gasteiger charge is -2.12. The normalized spacial score (nSPS) is 10.2. The number of hydrogen-bond donors (Lipinski definition) is 1. The minimum Gasteiger partial charge on any atom is -0.489 e. The van der Waals surface area contributed by atoms with Crippen LogP contribution < -0.4 is 10.1 Å². The first-order valence-corrected chi connectivity index (χ1v) is 7.82. The van der Waals surface area contributed by atoms with E-state index in [0.717, 1.165) is 16.9 Å². The van der Waals surface area contributed by atoms with E-state index in [9.17, 15) is 10.1 Å². The second-order valence-electron chi connectivity index (χ2n) is 5.35. The van der Waals surface area contributed by atoms with Gasteiger partial charge in [0.25, 0.3) is 0 Å². The number of nitrogens with one attached hydrogen (secondary N) is 1. The summed E-state index contributed by atoms with van der Waals surface area (Å²) in [6, 6.07) is 20.4. The first-order chi connectivity index (χ1) is 12.2. The van der Waals surface area contributed by atoms with Gasteiger partial charge in [0.05, 0.1) is 4.92 Å². The zero-order valence-corrected chi connectivity index (χ0v) is 13.5. The minimum absolute atomic E-state index is 0.0412. The van der Waals surface area contributed by atoms with Gasteiger partial charge in [-0.2, -0.15) is 0 Å². The second-order valence-corrected chi connectivity index (χ2v) is 5.35. The van der Waals surface area contributed by atoms with Gasteiger partial charge in [-0.1, -0.05) is 42.5 Å². The molecule has 2 aromatic carbocycles. The quantitative estimate of drug-likeness (QED) is 0.518. The molecule has 1 heterocycles. The average Bonchev–Trinajstić information content (AvgIpc) is 2.66. The molecule has 1 N–H and O–H groups in total. The number of nitro groups is 1. The fourth-order valence-corrected chi connectivity index (χ4v) is 2.41. The van der Waals surface area contributed by atoms with Crippen molar-refractivity contribution < 1.29 is 9.66 Å². The molecular weight excluding hydrogens is 318 g/mol. The maximum absolute atomic E-state index is 11.1. The molecule has 0 aliphatic carbocycles. The Hall–Kier alpha value is -3.41. The number of pyridine rings is 1. The highest BCUT2D eigenvalue weighted by Gasteiger charge is 2.14. The Kier molecular flexibility index (Phi) is 5.21. The van der Waals surface area contributed by atoms with Gasteiger partial charge in [0.2, 0.25) is 5.82 Å². The van der Waals surface area contributed by atoms with Crippen molar-refractivity contribution in [3.05, 3.63) is 94.2 Å². The summed E-state index contributed by atoms with van der Waals surface area (Å²) in [5.41, 5.74) is 1.97. The van der Waals surface area contributed by atoms with Gasteiger partial charge in [-0.25, -0.2) is 4.98 Å². The molecule has 3 rings (SSSR count). The lowest BCUT2D eigenvalue weighted by atomic mass is 10.1. The van der Waals surface area contributed by atoms with Crippen molar-refractivity contribution >= 4 is 11.5 Å². The molecule has 25 heavy (non-hydrogen) atoms. The Morgan fingerprint density at radius 3 is 2.44 bits per heavy atom. The third-order valence-corrected chi connectivity index (χ3v) is 3.69. The highest BCUT2D eigenvalue weighted by atomic mass is 16.6. The number of benzene rings is 2. The zero-order chi connectivity index (χ0) is 17.5. The van der Waals surface area contributed by atoms with E-state index < -0.39 is 4.92 Å². The van der Waals surface area contributed by atoms with E-state index in [1.807, 2.05) is 54.6 Å². The molecule has 0 aliphatic rings. The van der Waals surface area contributed by atoms with Gasteiger partial charge in [-0.3, -0.25) is 10.1 Å². The van der Waals surface area contributed by atoms with Crippen molar-refractivity contribution in [1.29, 1.82) is 0 Å². The molecular formula is C19H17N3O3. The zero-order valence-electron chi connectivity index (χ0n) is 13.5. The van der Waals surface area contributed by atoms with E-state index in [1.165, 1.54) is 12.3 Å². The van der Waals surface area contributed by atoms with Crippen LogP contribution in [-0.4, -0.2) is 9.91 Å². The van der Waals surface area contributed by atoms with Crippen molar-refractivity contribution in [3.63, 3.8) is 0 Å². The summed E-state index contributed by atoms with van der Waals surface area (Å²) in [5.74, 6) is 1.05. The van der Waals surface area contributed by atoms with Crippen LogP contribution in [0.1, 0.15) is 11.1 Å². The first kappa shape index (κ1) is 16.4. The Morgan fingerprint density at radius 2 is 1.68 bits per heavy atom. The van der Waals surface area contributed by atoms with Crippen LogP contribution in [0.15, 0.2) is 72.9 Å². The molecule has 0 radical (unpaired) electrons. The van der Waals surface area contributed by atoms with Crippen LogP contribution in [0.4, 0.5) is 11.5 Å². The van der Waals surface area contributed by atoms with E-state index in [0.29, 0.717) is 13.2 Å². The average molecular weight is 335 g/mol. The molecule has 0 bridgehead atoms. The Bertz CT molecular complexity index is 853. The highest BCUT2D eigenvalue weighted by molar-refractivity contribution is 5.55. The molecule has 0 unspecified atom stereocenters. The summed E-state index contributed by atoms with van der Waals surface area (Å²) >= 11 is 0. The monoisotopic (exact) mass is 335 g/mol. The number of para-hydroxylation sites is 1. The van der Waals surface area contributed by atoms with Gasteiger partial charge in [-0.05, 0) is 29.3 Å². The van der Waals surface area contributed by atoms with Crippen LogP contribution in [-0.2, 0) is 13.2 Å². The van der Waals surface area contributed by atoms with Crippen LogP contribution in [0.5, 0.6) is 5.75 Å². The number of aromatic nitrogens is 1. The largest absolute Gasteiger partial charge is 0.489 e. The Balaban J connectivity index is 1.70. The van der Waals surface area contributed by atoms with Gasteiger partial charge < -0.3 is 10.1 Å². The SMILES string of the molecule is O=[N+]([O-])c1cccnc1NCc1ccccc1COc1ccccc1. The summed E-state index contributed by atoms with van der Waals surface area (Å²) in [6.07, 6.45) is 1.53. The molecule has 6 nitrogen and oxygen atoms in total. The van der Waals surface area contributed by atoms with Gasteiger partial charge in [0, 0.05) is 18.8 Å². The van der Waals surface area contributed by atoms with E-state index in [4.69, 9.17) is 4.74 Å². The maximum Gasteiger partial charge on any atom is 0.311 e. The molecule has 0 aliphatic heterocycles. The number of nitrogens with zero attached hydrogens (tertiary/aromatic N) is 2. The fraction of sp³-hybridized carbons (Fsp3) is 0.105. The van der Waals surface area contributed by atoms with Crippen molar-refractivity contribution in [1.82, 2.24) is 4.98 Å². The van der Waals surface area contributed by atoms with Crippen LogP contribution in [0.25, 0.3) is 0 Å². The molecule has 0 saturated heterocycles. The molecule has 126 valence electrons. The van der Waals surface area contributed by atoms with E-state index in [-0.39, 0.29) is 11.5 Å². The highest BCUT2D eigenvalue weighted by Crippen LogP contribution is 2.22. The van der Waals surface area contributed by atoms with Crippen molar-refractivity contribution in [3.8, 4) is 5.75 Å². The third-order valence-electron chi connectivity index (χ3n) is 3.69. The van der Waals surface area contributed by atoms with E-state index in [1.54, 1.807) is 6.07 Å². The molecule has 0 saturated carbocycles. The lowest BCUT2D eigenvalue weighted by molar-refractivity contribution is -0.384. The summed E-state index contributed by atoms with van der Waals surface area (Å²) in [6.45, 7) is 0.846. The van der Waals surface area contributed by atoms with Crippen molar-refractivity contribution in [2.75, 3.05) is 5.32 Å². The molecule has 0 spiro atoms. The van der Waals surface area contributed by atoms with Gasteiger partial charge in [0.15, 0.2) is 0 Å². The van der Waals surface area contributed by atoms with Crippen LogP contribution in [0.2, 0.25) is 0 Å². The van der Waals surface area contributed by atoms with Crippen molar-refractivity contribution in [2.45, 2.75) is 13.2 Å². The van der Waals surface area contributed by atoms with Gasteiger partial charge in [0.1, 0.15) is 12.4 Å². The summed E-state index contributed by atoms with van der Waals surface area (Å²) in [7, 11) is 0. The van der Waals surface area contributed by atoms with E-state index in [2.05, 4.69) is 10.3 Å². The topological polar surface area (TPSA) is 77.3 Å². The predicted octanol–water partition coefficient (Wildman–Crippen LogP) is 4.18. The number of anilines is 1. The second kappa shape index (κ2) is 7.92. The molecule has 3 aromatic rings. The van der Waals surface area contributed by atoms with Gasteiger partial charge >= 0.3 is 5.69 Å². The molecule has 0 atom stereocenters. The van der Waals surface area contributed by atoms with Gasteiger partial charge in [-0.15, -0.1) is 0 Å². The number of hydrogen-bond acceptors (Lipinski definition) is 5. The summed E-state index contributed by atoms with van der Waals surface area (Å²) in [4.78, 5) is 14.7. The number of rotatable bonds is 7. The third kappa shape index (κ3) is 4.32. The smallest absolute Gasteiger partial charge is 0.311 e. The summed E-state index contributed by atoms with van der Waals surface area (Å²) in [5, 5.41) is 14.1. The molecule has 1 aromatic heterocycles. The molecule has 0 fully saturated rings. The summed E-state index contributed by atoms with van der Waals surface area (Å²) < 4.78 is 5.80. The number of ether oxygens (including phenoxy) is 1. The van der Waals surface area contributed by atoms with Crippen LogP contribution in [0, 0.1) is 10.1 Å². The molecule has 0 amide bonds.